The first-order valence-electron chi connectivity index (χ1n) is 7.70. The summed E-state index contributed by atoms with van der Waals surface area (Å²) < 4.78 is 8.94. The summed E-state index contributed by atoms with van der Waals surface area (Å²) in [6, 6.07) is 0.179. The molecule has 2 N–H and O–H groups in total. The van der Waals surface area contributed by atoms with E-state index in [1.54, 1.807) is 0 Å². The number of halogens is 1. The number of hydrogen-bond acceptors (Lipinski definition) is 3. The van der Waals surface area contributed by atoms with Crippen molar-refractivity contribution in [2.75, 3.05) is 6.61 Å². The first-order chi connectivity index (χ1) is 9.61. The first kappa shape index (κ1) is 16.0. The van der Waals surface area contributed by atoms with Gasteiger partial charge in [0, 0.05) is 25.6 Å². The van der Waals surface area contributed by atoms with Crippen molar-refractivity contribution in [3.8, 4) is 0 Å². The molecular weight excluding hydrogens is 318 g/mol. The molecule has 0 aliphatic carbocycles. The van der Waals surface area contributed by atoms with Crippen LogP contribution in [0.3, 0.4) is 0 Å². The molecule has 0 spiro atoms. The third-order valence-electron chi connectivity index (χ3n) is 4.04. The Morgan fingerprint density at radius 1 is 1.50 bits per heavy atom. The number of aryl methyl sites for hydroxylation is 2. The highest BCUT2D eigenvalue weighted by atomic mass is 79.9. The molecule has 5 heteroatoms. The zero-order chi connectivity index (χ0) is 14.5. The molecule has 0 aromatic carbocycles. The van der Waals surface area contributed by atoms with Gasteiger partial charge < -0.3 is 10.5 Å². The molecule has 1 aliphatic rings. The van der Waals surface area contributed by atoms with Crippen LogP contribution in [-0.4, -0.2) is 28.5 Å². The van der Waals surface area contributed by atoms with Gasteiger partial charge in [0.2, 0.25) is 0 Å². The highest BCUT2D eigenvalue weighted by Crippen LogP contribution is 2.24. The fraction of sp³-hybridized carbons (Fsp3) is 0.800. The second kappa shape index (κ2) is 7.57. The Hall–Kier alpha value is -0.390. The Bertz CT molecular complexity index is 427. The summed E-state index contributed by atoms with van der Waals surface area (Å²) in [4.78, 5) is 0. The van der Waals surface area contributed by atoms with Gasteiger partial charge >= 0.3 is 0 Å². The van der Waals surface area contributed by atoms with Crippen LogP contribution < -0.4 is 5.73 Å². The van der Waals surface area contributed by atoms with E-state index in [1.165, 1.54) is 25.0 Å². The van der Waals surface area contributed by atoms with Crippen LogP contribution in [-0.2, 0) is 17.7 Å². The molecule has 2 rings (SSSR count). The van der Waals surface area contributed by atoms with Gasteiger partial charge in [-0.25, -0.2) is 0 Å². The lowest BCUT2D eigenvalue weighted by molar-refractivity contribution is 0.00913. The molecule has 20 heavy (non-hydrogen) atoms. The van der Waals surface area contributed by atoms with E-state index < -0.39 is 0 Å². The Balaban J connectivity index is 1.86. The Labute approximate surface area is 130 Å². The molecule has 2 unspecified atom stereocenters. The Morgan fingerprint density at radius 2 is 2.30 bits per heavy atom. The van der Waals surface area contributed by atoms with Crippen molar-refractivity contribution in [3.63, 3.8) is 0 Å². The third-order valence-corrected chi connectivity index (χ3v) is 5.07. The van der Waals surface area contributed by atoms with Gasteiger partial charge in [-0.1, -0.05) is 0 Å². The van der Waals surface area contributed by atoms with Crippen molar-refractivity contribution in [1.82, 2.24) is 9.78 Å². The van der Waals surface area contributed by atoms with Crippen LogP contribution in [0.5, 0.6) is 0 Å². The first-order valence-corrected chi connectivity index (χ1v) is 8.50. The summed E-state index contributed by atoms with van der Waals surface area (Å²) in [7, 11) is 0. The van der Waals surface area contributed by atoms with Crippen molar-refractivity contribution in [1.29, 1.82) is 0 Å². The van der Waals surface area contributed by atoms with Gasteiger partial charge in [0.1, 0.15) is 0 Å². The SMILES string of the molecule is CCn1nc(C)c(Br)c1CC(N)CCC1CCCCO1. The molecule has 1 aromatic heterocycles. The monoisotopic (exact) mass is 343 g/mol. The van der Waals surface area contributed by atoms with Crippen LogP contribution >= 0.6 is 15.9 Å². The maximum absolute atomic E-state index is 6.31. The predicted octanol–water partition coefficient (Wildman–Crippen LogP) is 3.19. The summed E-state index contributed by atoms with van der Waals surface area (Å²) in [6.07, 6.45) is 7.11. The largest absolute Gasteiger partial charge is 0.378 e. The topological polar surface area (TPSA) is 53.1 Å². The number of hydrogen-bond donors (Lipinski definition) is 1. The molecule has 1 saturated heterocycles. The van der Waals surface area contributed by atoms with E-state index in [1.807, 2.05) is 6.92 Å². The zero-order valence-corrected chi connectivity index (χ0v) is 14.2. The number of aromatic nitrogens is 2. The summed E-state index contributed by atoms with van der Waals surface area (Å²) >= 11 is 3.63. The molecule has 2 heterocycles. The van der Waals surface area contributed by atoms with Gasteiger partial charge in [0.25, 0.3) is 0 Å². The smallest absolute Gasteiger partial charge is 0.0738 e. The van der Waals surface area contributed by atoms with Gasteiger partial charge in [-0.15, -0.1) is 0 Å². The van der Waals surface area contributed by atoms with E-state index in [4.69, 9.17) is 10.5 Å². The maximum Gasteiger partial charge on any atom is 0.0738 e. The fourth-order valence-corrected chi connectivity index (χ4v) is 3.30. The number of nitrogens with two attached hydrogens (primary N) is 1. The van der Waals surface area contributed by atoms with E-state index in [-0.39, 0.29) is 6.04 Å². The maximum atomic E-state index is 6.31. The van der Waals surface area contributed by atoms with Crippen LogP contribution in [0.1, 0.15) is 50.4 Å². The predicted molar refractivity (Wildman–Crippen MR) is 84.8 cm³/mol. The lowest BCUT2D eigenvalue weighted by Crippen LogP contribution is -2.28. The van der Waals surface area contributed by atoms with E-state index in [0.717, 1.165) is 42.6 Å². The van der Waals surface area contributed by atoms with Crippen molar-refractivity contribution in [2.45, 2.75) is 71.1 Å². The summed E-state index contributed by atoms with van der Waals surface area (Å²) in [5.41, 5.74) is 8.58. The molecule has 0 radical (unpaired) electrons. The second-order valence-corrected chi connectivity index (χ2v) is 6.48. The molecule has 0 bridgehead atoms. The zero-order valence-electron chi connectivity index (χ0n) is 12.6. The molecular formula is C15H26BrN3O. The molecule has 0 amide bonds. The van der Waals surface area contributed by atoms with E-state index in [9.17, 15) is 0 Å². The third kappa shape index (κ3) is 4.06. The lowest BCUT2D eigenvalue weighted by atomic mass is 9.99. The molecule has 1 fully saturated rings. The standard InChI is InChI=1S/C15H26BrN3O/c1-3-19-14(15(16)11(2)18-19)10-12(17)7-8-13-6-4-5-9-20-13/h12-13H,3-10,17H2,1-2H3. The van der Waals surface area contributed by atoms with Gasteiger partial charge in [-0.3, -0.25) is 4.68 Å². The summed E-state index contributed by atoms with van der Waals surface area (Å²) in [5.74, 6) is 0. The molecule has 1 aromatic rings. The fourth-order valence-electron chi connectivity index (χ4n) is 2.85. The van der Waals surface area contributed by atoms with Crippen LogP contribution in [0.25, 0.3) is 0 Å². The number of rotatable bonds is 6. The van der Waals surface area contributed by atoms with Gasteiger partial charge in [0.15, 0.2) is 0 Å². The minimum Gasteiger partial charge on any atom is -0.378 e. The Morgan fingerprint density at radius 3 is 2.95 bits per heavy atom. The van der Waals surface area contributed by atoms with Gasteiger partial charge in [0.05, 0.1) is 22.0 Å². The minimum atomic E-state index is 0.179. The summed E-state index contributed by atoms with van der Waals surface area (Å²) in [6.45, 7) is 5.96. The second-order valence-electron chi connectivity index (χ2n) is 5.69. The number of ether oxygens (including phenoxy) is 1. The van der Waals surface area contributed by atoms with Crippen LogP contribution in [0.15, 0.2) is 4.47 Å². The normalized spacial score (nSPS) is 21.1. The average molecular weight is 344 g/mol. The van der Waals surface area contributed by atoms with Gasteiger partial charge in [-0.05, 0) is 61.9 Å². The highest BCUT2D eigenvalue weighted by molar-refractivity contribution is 9.10. The quantitative estimate of drug-likeness (QED) is 0.862. The highest BCUT2D eigenvalue weighted by Gasteiger charge is 2.18. The van der Waals surface area contributed by atoms with E-state index in [0.29, 0.717) is 6.10 Å². The van der Waals surface area contributed by atoms with Crippen LogP contribution in [0.2, 0.25) is 0 Å². The number of nitrogens with zero attached hydrogens (tertiary/aromatic N) is 2. The molecule has 1 aliphatic heterocycles. The van der Waals surface area contributed by atoms with Crippen LogP contribution in [0.4, 0.5) is 0 Å². The van der Waals surface area contributed by atoms with Crippen molar-refractivity contribution >= 4 is 15.9 Å². The molecule has 2 atom stereocenters. The van der Waals surface area contributed by atoms with Crippen molar-refractivity contribution in [3.05, 3.63) is 15.9 Å². The van der Waals surface area contributed by atoms with E-state index in [2.05, 4.69) is 32.6 Å². The van der Waals surface area contributed by atoms with Crippen molar-refractivity contribution in [2.24, 2.45) is 5.73 Å². The Kier molecular flexibility index (Phi) is 6.05. The average Bonchev–Trinajstić information content (AvgIpc) is 2.74. The van der Waals surface area contributed by atoms with Crippen molar-refractivity contribution < 1.29 is 4.74 Å². The summed E-state index contributed by atoms with van der Waals surface area (Å²) in [5, 5.41) is 4.52. The van der Waals surface area contributed by atoms with Crippen LogP contribution in [0, 0.1) is 6.92 Å². The lowest BCUT2D eigenvalue weighted by Gasteiger charge is -2.23. The van der Waals surface area contributed by atoms with Gasteiger partial charge in [-0.2, -0.15) is 5.10 Å². The molecule has 114 valence electrons. The minimum absolute atomic E-state index is 0.179. The van der Waals surface area contributed by atoms with E-state index >= 15 is 0 Å². The molecule has 4 nitrogen and oxygen atoms in total. The molecule has 0 saturated carbocycles.